The molecule has 3 aromatic rings. The van der Waals surface area contributed by atoms with Crippen LogP contribution in [0, 0.1) is 12.7 Å². The third-order valence-corrected chi connectivity index (χ3v) is 4.39. The maximum absolute atomic E-state index is 13.6. The van der Waals surface area contributed by atoms with Gasteiger partial charge in [0.25, 0.3) is 0 Å². The van der Waals surface area contributed by atoms with Crippen molar-refractivity contribution in [2.75, 3.05) is 0 Å². The average Bonchev–Trinajstić information content (AvgIpc) is 3.01. The van der Waals surface area contributed by atoms with E-state index in [0.29, 0.717) is 33.7 Å². The van der Waals surface area contributed by atoms with E-state index in [2.05, 4.69) is 15.1 Å². The molecule has 0 amide bonds. The van der Waals surface area contributed by atoms with Crippen LogP contribution in [0.1, 0.15) is 17.0 Å². The number of hydrogen-bond donors (Lipinski definition) is 0. The van der Waals surface area contributed by atoms with Gasteiger partial charge in [-0.15, -0.1) is 11.8 Å². The first-order valence-electron chi connectivity index (χ1n) is 6.89. The summed E-state index contributed by atoms with van der Waals surface area (Å²) < 4.78 is 18.8. The monoisotopic (exact) mass is 349 g/mol. The van der Waals surface area contributed by atoms with Gasteiger partial charge in [0.15, 0.2) is 0 Å². The first-order chi connectivity index (χ1) is 11.1. The van der Waals surface area contributed by atoms with E-state index in [1.165, 1.54) is 6.07 Å². The molecule has 0 unspecified atom stereocenters. The fourth-order valence-corrected chi connectivity index (χ4v) is 2.82. The fourth-order valence-electron chi connectivity index (χ4n) is 1.91. The molecular weight excluding hydrogens is 337 g/mol. The second kappa shape index (κ2) is 7.10. The first-order valence-corrected chi connectivity index (χ1v) is 8.42. The molecule has 0 radical (unpaired) electrons. The maximum atomic E-state index is 13.6. The molecule has 0 spiro atoms. The minimum atomic E-state index is -0.279. The topological polar surface area (TPSA) is 51.8 Å². The van der Waals surface area contributed by atoms with Crippen LogP contribution in [-0.4, -0.2) is 15.1 Å². The lowest BCUT2D eigenvalue weighted by Crippen LogP contribution is -1.87. The predicted octanol–water partition coefficient (Wildman–Crippen LogP) is 4.67. The van der Waals surface area contributed by atoms with Crippen LogP contribution in [0.5, 0.6) is 0 Å². The van der Waals surface area contributed by atoms with Crippen molar-refractivity contribution in [3.8, 4) is 11.4 Å². The van der Waals surface area contributed by atoms with E-state index in [-0.39, 0.29) is 5.82 Å². The average molecular weight is 350 g/mol. The Morgan fingerprint density at radius 2 is 2.09 bits per heavy atom. The van der Waals surface area contributed by atoms with Gasteiger partial charge in [0.1, 0.15) is 11.0 Å². The standard InChI is InChI=1S/C16H13ClFN3OS/c1-10-2-4-12(6-13(10)18)16-20-15(22-21-16)9-23-8-11-3-5-14(17)19-7-11/h2-7H,8-9H2,1H3. The molecule has 118 valence electrons. The summed E-state index contributed by atoms with van der Waals surface area (Å²) in [6.45, 7) is 1.71. The quantitative estimate of drug-likeness (QED) is 0.627. The Hall–Kier alpha value is -1.92. The van der Waals surface area contributed by atoms with Gasteiger partial charge in [-0.3, -0.25) is 0 Å². The van der Waals surface area contributed by atoms with E-state index < -0.39 is 0 Å². The van der Waals surface area contributed by atoms with E-state index in [0.717, 1.165) is 11.3 Å². The zero-order valence-corrected chi connectivity index (χ0v) is 13.9. The Kier molecular flexibility index (Phi) is 4.93. The highest BCUT2D eigenvalue weighted by Crippen LogP contribution is 2.22. The lowest BCUT2D eigenvalue weighted by Gasteiger charge is -1.99. The molecule has 0 fully saturated rings. The molecule has 0 atom stereocenters. The van der Waals surface area contributed by atoms with Gasteiger partial charge in [-0.25, -0.2) is 9.37 Å². The van der Waals surface area contributed by atoms with Gasteiger partial charge in [-0.2, -0.15) is 4.98 Å². The Labute approximate surface area is 142 Å². The lowest BCUT2D eigenvalue weighted by atomic mass is 10.1. The number of rotatable bonds is 5. The van der Waals surface area contributed by atoms with Gasteiger partial charge in [0.05, 0.1) is 5.75 Å². The molecular formula is C16H13ClFN3OS. The molecule has 0 bridgehead atoms. The van der Waals surface area contributed by atoms with Crippen LogP contribution in [-0.2, 0) is 11.5 Å². The Morgan fingerprint density at radius 1 is 1.22 bits per heavy atom. The van der Waals surface area contributed by atoms with Gasteiger partial charge in [-0.05, 0) is 30.2 Å². The summed E-state index contributed by atoms with van der Waals surface area (Å²) in [5.41, 5.74) is 2.26. The molecule has 4 nitrogen and oxygen atoms in total. The van der Waals surface area contributed by atoms with Crippen LogP contribution in [0.4, 0.5) is 4.39 Å². The van der Waals surface area contributed by atoms with Crippen molar-refractivity contribution in [2.24, 2.45) is 0 Å². The highest BCUT2D eigenvalue weighted by Gasteiger charge is 2.10. The smallest absolute Gasteiger partial charge is 0.236 e. The molecule has 2 heterocycles. The molecule has 2 aromatic heterocycles. The van der Waals surface area contributed by atoms with Crippen LogP contribution < -0.4 is 0 Å². The van der Waals surface area contributed by atoms with Crippen molar-refractivity contribution < 1.29 is 8.91 Å². The number of aromatic nitrogens is 3. The van der Waals surface area contributed by atoms with Crippen LogP contribution in [0.2, 0.25) is 5.15 Å². The lowest BCUT2D eigenvalue weighted by molar-refractivity contribution is 0.391. The summed E-state index contributed by atoms with van der Waals surface area (Å²) >= 11 is 7.37. The van der Waals surface area contributed by atoms with Crippen molar-refractivity contribution >= 4 is 23.4 Å². The van der Waals surface area contributed by atoms with Crippen molar-refractivity contribution in [3.05, 3.63) is 64.5 Å². The number of aryl methyl sites for hydroxylation is 1. The fraction of sp³-hybridized carbons (Fsp3) is 0.188. The van der Waals surface area contributed by atoms with Gasteiger partial charge < -0.3 is 4.52 Å². The number of hydrogen-bond acceptors (Lipinski definition) is 5. The van der Waals surface area contributed by atoms with E-state index in [9.17, 15) is 4.39 Å². The second-order valence-corrected chi connectivity index (χ2v) is 6.33. The minimum absolute atomic E-state index is 0.279. The van der Waals surface area contributed by atoms with Crippen molar-refractivity contribution in [1.82, 2.24) is 15.1 Å². The number of benzene rings is 1. The van der Waals surface area contributed by atoms with Gasteiger partial charge >= 0.3 is 0 Å². The first kappa shape index (κ1) is 16.0. The summed E-state index contributed by atoms with van der Waals surface area (Å²) in [6, 6.07) is 8.57. The van der Waals surface area contributed by atoms with Crippen LogP contribution >= 0.6 is 23.4 Å². The van der Waals surface area contributed by atoms with E-state index >= 15 is 0 Å². The third kappa shape index (κ3) is 4.09. The summed E-state index contributed by atoms with van der Waals surface area (Å²) in [7, 11) is 0. The number of pyridine rings is 1. The number of nitrogens with zero attached hydrogens (tertiary/aromatic N) is 3. The Bertz CT molecular complexity index is 807. The highest BCUT2D eigenvalue weighted by atomic mass is 35.5. The molecule has 0 aliphatic carbocycles. The summed E-state index contributed by atoms with van der Waals surface area (Å²) in [5.74, 6) is 1.96. The number of thioether (sulfide) groups is 1. The molecule has 0 saturated heterocycles. The SMILES string of the molecule is Cc1ccc(-c2noc(CSCc3ccc(Cl)nc3)n2)cc1F. The Morgan fingerprint density at radius 3 is 2.83 bits per heavy atom. The molecule has 0 N–H and O–H groups in total. The normalized spacial score (nSPS) is 10.9. The zero-order chi connectivity index (χ0) is 16.2. The maximum Gasteiger partial charge on any atom is 0.236 e. The van der Waals surface area contributed by atoms with Crippen LogP contribution in [0.15, 0.2) is 41.1 Å². The molecule has 0 aliphatic rings. The Balaban J connectivity index is 1.60. The molecule has 3 rings (SSSR count). The molecule has 0 saturated carbocycles. The van der Waals surface area contributed by atoms with E-state index in [1.807, 2.05) is 6.07 Å². The zero-order valence-electron chi connectivity index (χ0n) is 12.3. The third-order valence-electron chi connectivity index (χ3n) is 3.18. The van der Waals surface area contributed by atoms with E-state index in [1.54, 1.807) is 43.1 Å². The van der Waals surface area contributed by atoms with Crippen LogP contribution in [0.3, 0.4) is 0 Å². The largest absolute Gasteiger partial charge is 0.338 e. The van der Waals surface area contributed by atoms with Crippen molar-refractivity contribution in [2.45, 2.75) is 18.4 Å². The minimum Gasteiger partial charge on any atom is -0.338 e. The van der Waals surface area contributed by atoms with Crippen molar-refractivity contribution in [3.63, 3.8) is 0 Å². The van der Waals surface area contributed by atoms with E-state index in [4.69, 9.17) is 16.1 Å². The molecule has 23 heavy (non-hydrogen) atoms. The van der Waals surface area contributed by atoms with Gasteiger partial charge in [-0.1, -0.05) is 35.0 Å². The second-order valence-electron chi connectivity index (χ2n) is 4.96. The predicted molar refractivity (Wildman–Crippen MR) is 88.7 cm³/mol. The van der Waals surface area contributed by atoms with Crippen LogP contribution in [0.25, 0.3) is 11.4 Å². The molecule has 0 aliphatic heterocycles. The van der Waals surface area contributed by atoms with Gasteiger partial charge in [0, 0.05) is 17.5 Å². The number of halogens is 2. The van der Waals surface area contributed by atoms with Crippen molar-refractivity contribution in [1.29, 1.82) is 0 Å². The molecule has 7 heteroatoms. The summed E-state index contributed by atoms with van der Waals surface area (Å²) in [4.78, 5) is 8.32. The highest BCUT2D eigenvalue weighted by molar-refractivity contribution is 7.97. The summed E-state index contributed by atoms with van der Waals surface area (Å²) in [6.07, 6.45) is 1.74. The van der Waals surface area contributed by atoms with Gasteiger partial charge in [0.2, 0.25) is 11.7 Å². The molecule has 1 aromatic carbocycles. The summed E-state index contributed by atoms with van der Waals surface area (Å²) in [5, 5.41) is 4.38.